The minimum atomic E-state index is -4.79. The second kappa shape index (κ2) is 15.3. The van der Waals surface area contributed by atoms with Gasteiger partial charge in [0, 0.05) is 55.9 Å². The Morgan fingerprint density at radius 1 is 1.15 bits per heavy atom. The van der Waals surface area contributed by atoms with Crippen molar-refractivity contribution in [1.29, 1.82) is 0 Å². The number of amides is 1. The van der Waals surface area contributed by atoms with E-state index >= 15 is 0 Å². The van der Waals surface area contributed by atoms with Gasteiger partial charge in [0.2, 0.25) is 0 Å². The molecule has 4 aromatic rings. The van der Waals surface area contributed by atoms with Gasteiger partial charge in [-0.15, -0.1) is 0 Å². The Labute approximate surface area is 266 Å². The standard InChI is InChI=1S/C30H34F4N8O5/c1-2-20-21(29(44)36-7-13-45-14-10-40-11-15-46-16-12-40)3-4-23(25(20)47-19-43)38-27-28-37-17-24(42(28)9-6-35-27)22-18-41(8-5-31)39-26(22)30(32,33)34/h3-4,6,9,17-19H,2,5,7-8,10-16H2,1H3,(H,35,38)(H,36,44). The van der Waals surface area contributed by atoms with Gasteiger partial charge < -0.3 is 24.8 Å². The third kappa shape index (κ3) is 7.86. The predicted octanol–water partition coefficient (Wildman–Crippen LogP) is 3.50. The van der Waals surface area contributed by atoms with E-state index < -0.39 is 18.5 Å². The fourth-order valence-corrected chi connectivity index (χ4v) is 5.28. The highest BCUT2D eigenvalue weighted by Crippen LogP contribution is 2.38. The number of nitrogens with zero attached hydrogens (tertiary/aromatic N) is 6. The molecule has 0 aliphatic carbocycles. The van der Waals surface area contributed by atoms with Crippen LogP contribution in [0.5, 0.6) is 5.75 Å². The Morgan fingerprint density at radius 2 is 1.96 bits per heavy atom. The summed E-state index contributed by atoms with van der Waals surface area (Å²) >= 11 is 0. The smallest absolute Gasteiger partial charge is 0.426 e. The van der Waals surface area contributed by atoms with E-state index in [0.29, 0.717) is 44.0 Å². The number of benzene rings is 1. The van der Waals surface area contributed by atoms with Crippen LogP contribution in [0.3, 0.4) is 0 Å². The first kappa shape index (κ1) is 33.7. The molecule has 1 aromatic carbocycles. The van der Waals surface area contributed by atoms with E-state index in [1.807, 2.05) is 0 Å². The zero-order chi connectivity index (χ0) is 33.4. The van der Waals surface area contributed by atoms with Gasteiger partial charge in [-0.3, -0.25) is 23.6 Å². The number of rotatable bonds is 15. The summed E-state index contributed by atoms with van der Waals surface area (Å²) in [5.41, 5.74) is -0.248. The normalized spacial score (nSPS) is 14.0. The largest absolute Gasteiger partial charge is 0.435 e. The maximum Gasteiger partial charge on any atom is 0.435 e. The third-order valence-electron chi connectivity index (χ3n) is 7.51. The Bertz CT molecular complexity index is 1690. The topological polar surface area (TPSA) is 137 Å². The van der Waals surface area contributed by atoms with Gasteiger partial charge in [0.05, 0.1) is 56.1 Å². The number of alkyl halides is 4. The molecule has 1 saturated heterocycles. The molecule has 0 bridgehead atoms. The number of aryl methyl sites for hydroxylation is 1. The minimum Gasteiger partial charge on any atom is -0.426 e. The molecule has 1 amide bonds. The summed E-state index contributed by atoms with van der Waals surface area (Å²) in [6.07, 6.45) is 0.655. The summed E-state index contributed by atoms with van der Waals surface area (Å²) in [7, 11) is 0. The Morgan fingerprint density at radius 3 is 2.68 bits per heavy atom. The van der Waals surface area contributed by atoms with Gasteiger partial charge in [0.25, 0.3) is 12.4 Å². The summed E-state index contributed by atoms with van der Waals surface area (Å²) in [5, 5.41) is 9.39. The molecule has 3 aromatic heterocycles. The molecule has 0 radical (unpaired) electrons. The fourth-order valence-electron chi connectivity index (χ4n) is 5.28. The van der Waals surface area contributed by atoms with Crippen LogP contribution in [0.2, 0.25) is 0 Å². The van der Waals surface area contributed by atoms with Crippen molar-refractivity contribution in [2.75, 3.05) is 64.6 Å². The van der Waals surface area contributed by atoms with Crippen molar-refractivity contribution in [3.63, 3.8) is 0 Å². The van der Waals surface area contributed by atoms with Gasteiger partial charge in [0.15, 0.2) is 22.9 Å². The van der Waals surface area contributed by atoms with E-state index in [9.17, 15) is 27.2 Å². The fraction of sp³-hybridized carbons (Fsp3) is 0.433. The molecule has 47 heavy (non-hydrogen) atoms. The average molecular weight is 663 g/mol. The van der Waals surface area contributed by atoms with Crippen LogP contribution in [-0.2, 0) is 33.4 Å². The highest BCUT2D eigenvalue weighted by molar-refractivity contribution is 5.97. The van der Waals surface area contributed by atoms with Crippen molar-refractivity contribution < 1.29 is 41.4 Å². The number of imidazole rings is 1. The lowest BCUT2D eigenvalue weighted by atomic mass is 10.0. The summed E-state index contributed by atoms with van der Waals surface area (Å²) in [6.45, 7) is 5.83. The zero-order valence-corrected chi connectivity index (χ0v) is 25.6. The number of morpholine rings is 1. The monoisotopic (exact) mass is 662 g/mol. The van der Waals surface area contributed by atoms with Crippen molar-refractivity contribution in [2.24, 2.45) is 0 Å². The van der Waals surface area contributed by atoms with Crippen LogP contribution in [0.1, 0.15) is 28.5 Å². The second-order valence-electron chi connectivity index (χ2n) is 10.4. The molecule has 252 valence electrons. The summed E-state index contributed by atoms with van der Waals surface area (Å²) in [4.78, 5) is 35.4. The summed E-state index contributed by atoms with van der Waals surface area (Å²) in [6, 6.07) is 3.10. The van der Waals surface area contributed by atoms with Crippen LogP contribution in [0.15, 0.2) is 36.9 Å². The molecule has 0 saturated carbocycles. The Hall–Kier alpha value is -4.61. The van der Waals surface area contributed by atoms with Crippen LogP contribution in [0, 0.1) is 0 Å². The molecule has 0 unspecified atom stereocenters. The van der Waals surface area contributed by atoms with E-state index in [1.54, 1.807) is 13.0 Å². The average Bonchev–Trinajstić information content (AvgIpc) is 3.69. The van der Waals surface area contributed by atoms with Crippen molar-refractivity contribution in [3.8, 4) is 17.0 Å². The molecular weight excluding hydrogens is 628 g/mol. The van der Waals surface area contributed by atoms with Crippen LogP contribution in [0.4, 0.5) is 29.1 Å². The molecular formula is C30H34F4N8O5. The molecule has 4 heterocycles. The number of carbonyl (C=O) groups excluding carboxylic acids is 2. The minimum absolute atomic E-state index is 0.0542. The van der Waals surface area contributed by atoms with Crippen molar-refractivity contribution in [3.05, 3.63) is 53.7 Å². The molecule has 1 fully saturated rings. The van der Waals surface area contributed by atoms with Gasteiger partial charge in [-0.05, 0) is 18.6 Å². The highest BCUT2D eigenvalue weighted by Gasteiger charge is 2.38. The summed E-state index contributed by atoms with van der Waals surface area (Å²) in [5.74, 6) is -0.167. The number of nitrogens with one attached hydrogen (secondary N) is 2. The number of carbonyl (C=O) groups is 2. The first-order chi connectivity index (χ1) is 22.7. The Kier molecular flexibility index (Phi) is 11.0. The lowest BCUT2D eigenvalue weighted by Gasteiger charge is -2.26. The Balaban J connectivity index is 1.34. The van der Waals surface area contributed by atoms with E-state index in [1.165, 1.54) is 29.1 Å². The molecule has 2 N–H and O–H groups in total. The van der Waals surface area contributed by atoms with Crippen molar-refractivity contribution in [1.82, 2.24) is 34.4 Å². The number of ether oxygens (including phenoxy) is 3. The van der Waals surface area contributed by atoms with Gasteiger partial charge in [0.1, 0.15) is 6.67 Å². The first-order valence-electron chi connectivity index (χ1n) is 15.0. The molecule has 0 spiro atoms. The zero-order valence-electron chi connectivity index (χ0n) is 25.6. The van der Waals surface area contributed by atoms with Crippen LogP contribution < -0.4 is 15.4 Å². The number of fused-ring (bicyclic) bond motifs is 1. The van der Waals surface area contributed by atoms with Crippen molar-refractivity contribution in [2.45, 2.75) is 26.1 Å². The number of hydrogen-bond acceptors (Lipinski definition) is 10. The van der Waals surface area contributed by atoms with Crippen LogP contribution in [0.25, 0.3) is 16.9 Å². The number of anilines is 2. The molecule has 5 rings (SSSR count). The van der Waals surface area contributed by atoms with Gasteiger partial charge >= 0.3 is 6.18 Å². The van der Waals surface area contributed by atoms with Crippen molar-refractivity contribution >= 4 is 29.5 Å². The third-order valence-corrected chi connectivity index (χ3v) is 7.51. The van der Waals surface area contributed by atoms with E-state index in [4.69, 9.17) is 14.2 Å². The highest BCUT2D eigenvalue weighted by atomic mass is 19.4. The molecule has 1 aliphatic rings. The molecule has 0 atom stereocenters. The molecule has 1 aliphatic heterocycles. The van der Waals surface area contributed by atoms with Gasteiger partial charge in [-0.25, -0.2) is 14.4 Å². The number of halogens is 4. The van der Waals surface area contributed by atoms with Gasteiger partial charge in [-0.1, -0.05) is 6.92 Å². The molecule has 17 heteroatoms. The van der Waals surface area contributed by atoms with Gasteiger partial charge in [-0.2, -0.15) is 18.3 Å². The molecule has 13 nitrogen and oxygen atoms in total. The SMILES string of the molecule is CCc1c(C(=O)NCCOCCN2CCOCC2)ccc(Nc2nccn3c(-c4cn(CCF)nc4C(F)(F)F)cnc23)c1OC=O. The summed E-state index contributed by atoms with van der Waals surface area (Å²) < 4.78 is 72.9. The maximum atomic E-state index is 13.8. The number of aromatic nitrogens is 5. The van der Waals surface area contributed by atoms with E-state index in [-0.39, 0.29) is 59.6 Å². The lowest BCUT2D eigenvalue weighted by Crippen LogP contribution is -2.38. The number of hydrogen-bond donors (Lipinski definition) is 2. The maximum absolute atomic E-state index is 13.8. The quantitative estimate of drug-likeness (QED) is 0.111. The lowest BCUT2D eigenvalue weighted by molar-refractivity contribution is -0.141. The second-order valence-corrected chi connectivity index (χ2v) is 10.4. The first-order valence-corrected chi connectivity index (χ1v) is 15.0. The van der Waals surface area contributed by atoms with E-state index in [0.717, 1.165) is 30.5 Å². The van der Waals surface area contributed by atoms with E-state index in [2.05, 4.69) is 30.6 Å². The van der Waals surface area contributed by atoms with Crippen LogP contribution in [-0.4, -0.2) is 101 Å². The van der Waals surface area contributed by atoms with Crippen LogP contribution >= 0.6 is 0 Å². The predicted molar refractivity (Wildman–Crippen MR) is 161 cm³/mol.